The molecule has 0 spiro atoms. The Bertz CT molecular complexity index is 3230. The van der Waals surface area contributed by atoms with Crippen molar-refractivity contribution in [1.82, 2.24) is 15.0 Å². The largest absolute Gasteiger partial charge is 0.456 e. The monoisotopic (exact) mass is 691 g/mol. The van der Waals surface area contributed by atoms with Crippen LogP contribution in [0, 0.1) is 0 Å². The minimum atomic E-state index is 0.567. The van der Waals surface area contributed by atoms with Crippen molar-refractivity contribution in [3.05, 3.63) is 176 Å². The lowest BCUT2D eigenvalue weighted by molar-refractivity contribution is 0.668. The van der Waals surface area contributed by atoms with Crippen LogP contribution in [0.15, 0.2) is 185 Å². The molecule has 0 N–H and O–H groups in total. The highest BCUT2D eigenvalue weighted by molar-refractivity contribution is 6.14. The second-order valence-electron chi connectivity index (χ2n) is 13.6. The van der Waals surface area contributed by atoms with Crippen molar-refractivity contribution in [2.24, 2.45) is 0 Å². The Hall–Kier alpha value is -7.37. The second-order valence-corrected chi connectivity index (χ2v) is 13.6. The molecule has 54 heavy (non-hydrogen) atoms. The lowest BCUT2D eigenvalue weighted by Crippen LogP contribution is -2.01. The maximum absolute atomic E-state index is 6.57. The van der Waals surface area contributed by atoms with Gasteiger partial charge in [-0.1, -0.05) is 133 Å². The molecule has 0 saturated heterocycles. The van der Waals surface area contributed by atoms with Gasteiger partial charge in [0.1, 0.15) is 22.3 Å². The fraction of sp³-hybridized carbons (Fsp3) is 0. The number of fused-ring (bicyclic) bond motifs is 7. The lowest BCUT2D eigenvalue weighted by Gasteiger charge is -2.11. The average Bonchev–Trinajstić information content (AvgIpc) is 3.82. The molecule has 8 aromatic carbocycles. The zero-order valence-corrected chi connectivity index (χ0v) is 28.9. The van der Waals surface area contributed by atoms with Crippen LogP contribution < -0.4 is 0 Å². The Morgan fingerprint density at radius 1 is 0.296 bits per heavy atom. The topological polar surface area (TPSA) is 65.0 Å². The van der Waals surface area contributed by atoms with Gasteiger partial charge in [-0.3, -0.25) is 0 Å². The lowest BCUT2D eigenvalue weighted by atomic mass is 9.99. The van der Waals surface area contributed by atoms with Crippen LogP contribution in [0.3, 0.4) is 0 Å². The summed E-state index contributed by atoms with van der Waals surface area (Å²) in [5.41, 5.74) is 10.3. The van der Waals surface area contributed by atoms with Crippen LogP contribution >= 0.6 is 0 Å². The predicted molar refractivity (Wildman–Crippen MR) is 219 cm³/mol. The van der Waals surface area contributed by atoms with Crippen LogP contribution in [0.2, 0.25) is 0 Å². The molecule has 0 fully saturated rings. The SMILES string of the molecule is c1ccc(-c2cccc(-c3nc(-c4cccc5oc6ccccc6c45)nc(-c4cccc5oc6cc(-c7ccc8ccccc8c7)ccc6c45)n3)c2)cc1. The first kappa shape index (κ1) is 30.3. The smallest absolute Gasteiger partial charge is 0.164 e. The normalized spacial score (nSPS) is 11.7. The molecule has 0 aliphatic heterocycles. The Morgan fingerprint density at radius 2 is 0.833 bits per heavy atom. The molecule has 0 radical (unpaired) electrons. The summed E-state index contributed by atoms with van der Waals surface area (Å²) in [5.74, 6) is 1.72. The van der Waals surface area contributed by atoms with Crippen LogP contribution in [-0.2, 0) is 0 Å². The molecule has 0 aliphatic rings. The molecule has 0 aliphatic carbocycles. The Labute approximate surface area is 309 Å². The van der Waals surface area contributed by atoms with E-state index in [0.717, 1.165) is 82.8 Å². The molecular formula is C49H29N3O2. The maximum Gasteiger partial charge on any atom is 0.164 e. The standard InChI is InChI=1S/C49H29N3O2/c1-2-11-30(12-3-1)33-15-8-16-36(28-33)47-50-48(39-18-9-21-42-45(39)37-17-6-7-20-41(37)53-42)52-49(51-47)40-19-10-22-43-46(40)38-26-25-35(29-44(38)54-43)34-24-23-31-13-4-5-14-32(31)27-34/h1-29H. The predicted octanol–water partition coefficient (Wildman–Crippen LogP) is 13.2. The molecule has 0 atom stereocenters. The van der Waals surface area contributed by atoms with Crippen LogP contribution in [0.1, 0.15) is 0 Å². The van der Waals surface area contributed by atoms with E-state index in [9.17, 15) is 0 Å². The molecule has 3 aromatic heterocycles. The summed E-state index contributed by atoms with van der Waals surface area (Å²) in [6.45, 7) is 0. The minimum absolute atomic E-state index is 0.567. The van der Waals surface area contributed by atoms with Gasteiger partial charge in [0.15, 0.2) is 17.5 Å². The molecule has 3 heterocycles. The van der Waals surface area contributed by atoms with Gasteiger partial charge >= 0.3 is 0 Å². The summed E-state index contributed by atoms with van der Waals surface area (Å²) < 4.78 is 12.9. The van der Waals surface area contributed by atoms with Gasteiger partial charge in [0.2, 0.25) is 0 Å². The fourth-order valence-electron chi connectivity index (χ4n) is 7.74. The molecule has 0 amide bonds. The minimum Gasteiger partial charge on any atom is -0.456 e. The Kier molecular flexibility index (Phi) is 6.79. The van der Waals surface area contributed by atoms with Gasteiger partial charge in [-0.05, 0) is 75.5 Å². The molecule has 11 aromatic rings. The molecule has 252 valence electrons. The summed E-state index contributed by atoms with van der Waals surface area (Å²) in [4.78, 5) is 15.6. The summed E-state index contributed by atoms with van der Waals surface area (Å²) in [7, 11) is 0. The van der Waals surface area contributed by atoms with Crippen LogP contribution in [0.4, 0.5) is 0 Å². The zero-order chi connectivity index (χ0) is 35.6. The summed E-state index contributed by atoms with van der Waals surface area (Å²) in [5, 5.41) is 6.38. The number of hydrogen-bond acceptors (Lipinski definition) is 5. The second kappa shape index (κ2) is 12.1. The zero-order valence-electron chi connectivity index (χ0n) is 28.9. The van der Waals surface area contributed by atoms with E-state index in [1.807, 2.05) is 48.5 Å². The molecular weight excluding hydrogens is 663 g/mol. The van der Waals surface area contributed by atoms with Gasteiger partial charge in [-0.25, -0.2) is 15.0 Å². The van der Waals surface area contributed by atoms with Crippen LogP contribution in [-0.4, -0.2) is 15.0 Å². The summed E-state index contributed by atoms with van der Waals surface area (Å²) in [6.07, 6.45) is 0. The van der Waals surface area contributed by atoms with Crippen LogP contribution in [0.25, 0.3) is 111 Å². The van der Waals surface area contributed by atoms with Crippen LogP contribution in [0.5, 0.6) is 0 Å². The van der Waals surface area contributed by atoms with Crippen molar-refractivity contribution in [2.75, 3.05) is 0 Å². The third-order valence-electron chi connectivity index (χ3n) is 10.3. The van der Waals surface area contributed by atoms with E-state index in [1.165, 1.54) is 10.8 Å². The quantitative estimate of drug-likeness (QED) is 0.180. The first-order valence-electron chi connectivity index (χ1n) is 18.0. The van der Waals surface area contributed by atoms with E-state index in [4.69, 9.17) is 23.8 Å². The first-order chi connectivity index (χ1) is 26.7. The van der Waals surface area contributed by atoms with Crippen molar-refractivity contribution in [3.63, 3.8) is 0 Å². The van der Waals surface area contributed by atoms with Gasteiger partial charge in [0, 0.05) is 38.2 Å². The molecule has 5 nitrogen and oxygen atoms in total. The molecule has 0 bridgehead atoms. The van der Waals surface area contributed by atoms with E-state index >= 15 is 0 Å². The van der Waals surface area contributed by atoms with Crippen molar-refractivity contribution < 1.29 is 8.83 Å². The van der Waals surface area contributed by atoms with E-state index in [0.29, 0.717) is 17.5 Å². The molecule has 0 unspecified atom stereocenters. The Morgan fingerprint density at radius 3 is 1.63 bits per heavy atom. The fourth-order valence-corrected chi connectivity index (χ4v) is 7.74. The van der Waals surface area contributed by atoms with Gasteiger partial charge in [0.25, 0.3) is 0 Å². The van der Waals surface area contributed by atoms with Gasteiger partial charge < -0.3 is 8.83 Å². The molecule has 5 heteroatoms. The summed E-state index contributed by atoms with van der Waals surface area (Å²) in [6, 6.07) is 60.5. The number of benzene rings is 8. The Balaban J connectivity index is 1.12. The summed E-state index contributed by atoms with van der Waals surface area (Å²) >= 11 is 0. The number of aromatic nitrogens is 3. The molecule has 0 saturated carbocycles. The van der Waals surface area contributed by atoms with Crippen molar-refractivity contribution >= 4 is 54.6 Å². The highest BCUT2D eigenvalue weighted by Crippen LogP contribution is 2.40. The number of furan rings is 2. The maximum atomic E-state index is 6.57. The first-order valence-corrected chi connectivity index (χ1v) is 18.0. The van der Waals surface area contributed by atoms with E-state index in [-0.39, 0.29) is 0 Å². The van der Waals surface area contributed by atoms with Crippen molar-refractivity contribution in [2.45, 2.75) is 0 Å². The van der Waals surface area contributed by atoms with Gasteiger partial charge in [-0.2, -0.15) is 0 Å². The van der Waals surface area contributed by atoms with Crippen molar-refractivity contribution in [1.29, 1.82) is 0 Å². The van der Waals surface area contributed by atoms with Crippen molar-refractivity contribution in [3.8, 4) is 56.4 Å². The van der Waals surface area contributed by atoms with E-state index in [1.54, 1.807) is 0 Å². The highest BCUT2D eigenvalue weighted by atomic mass is 16.3. The number of para-hydroxylation sites is 1. The number of nitrogens with zero attached hydrogens (tertiary/aromatic N) is 3. The third-order valence-corrected chi connectivity index (χ3v) is 10.3. The van der Waals surface area contributed by atoms with E-state index in [2.05, 4.69) is 127 Å². The number of rotatable bonds is 5. The van der Waals surface area contributed by atoms with E-state index < -0.39 is 0 Å². The average molecular weight is 692 g/mol. The van der Waals surface area contributed by atoms with Gasteiger partial charge in [-0.15, -0.1) is 0 Å². The number of hydrogen-bond donors (Lipinski definition) is 0. The highest BCUT2D eigenvalue weighted by Gasteiger charge is 2.21. The molecule has 11 rings (SSSR count). The third kappa shape index (κ3) is 4.98. The van der Waals surface area contributed by atoms with Gasteiger partial charge in [0.05, 0.1) is 0 Å².